The minimum Gasteiger partial charge on any atom is -0.382 e. The molecule has 3 N–H and O–H groups in total. The summed E-state index contributed by atoms with van der Waals surface area (Å²) in [6, 6.07) is 8.46. The van der Waals surface area contributed by atoms with Crippen molar-refractivity contribution in [3.8, 4) is 0 Å². The third-order valence-corrected chi connectivity index (χ3v) is 3.83. The highest BCUT2D eigenvalue weighted by atomic mass is 35.5. The van der Waals surface area contributed by atoms with E-state index in [4.69, 9.17) is 17.4 Å². The zero-order chi connectivity index (χ0) is 15.4. The first-order valence-corrected chi connectivity index (χ1v) is 7.67. The summed E-state index contributed by atoms with van der Waals surface area (Å²) in [6.07, 6.45) is 2.78. The van der Waals surface area contributed by atoms with Gasteiger partial charge in [-0.15, -0.1) is 0 Å². The fraction of sp³-hybridized carbons (Fsp3) is 0.438. The van der Waals surface area contributed by atoms with Crippen LogP contribution in [0.3, 0.4) is 0 Å². The van der Waals surface area contributed by atoms with Crippen molar-refractivity contribution in [1.82, 2.24) is 9.99 Å². The molecule has 21 heavy (non-hydrogen) atoms. The Hall–Kier alpha value is -1.36. The van der Waals surface area contributed by atoms with Crippen LogP contribution in [0, 0.1) is 0 Å². The van der Waals surface area contributed by atoms with Gasteiger partial charge in [0.1, 0.15) is 0 Å². The number of hydrogen-bond donors (Lipinski definition) is 2. The van der Waals surface area contributed by atoms with Crippen LogP contribution in [0.5, 0.6) is 0 Å². The SMILES string of the molecule is CC(C)N(N)CC[C@@H](C)Nc1ccnc2cc(Cl)ccc12. The highest BCUT2D eigenvalue weighted by Gasteiger charge is 2.09. The van der Waals surface area contributed by atoms with Gasteiger partial charge in [-0.1, -0.05) is 11.6 Å². The molecule has 0 saturated heterocycles. The maximum atomic E-state index is 6.01. The van der Waals surface area contributed by atoms with Gasteiger partial charge in [-0.3, -0.25) is 10.8 Å². The van der Waals surface area contributed by atoms with Gasteiger partial charge in [0.05, 0.1) is 5.52 Å². The fourth-order valence-electron chi connectivity index (χ4n) is 2.19. The molecule has 1 atom stereocenters. The predicted molar refractivity (Wildman–Crippen MR) is 90.5 cm³/mol. The molecule has 4 nitrogen and oxygen atoms in total. The van der Waals surface area contributed by atoms with Crippen LogP contribution in [-0.4, -0.2) is 28.6 Å². The first-order valence-electron chi connectivity index (χ1n) is 7.29. The molecular formula is C16H23ClN4. The van der Waals surface area contributed by atoms with E-state index in [0.717, 1.165) is 29.6 Å². The number of pyridine rings is 1. The van der Waals surface area contributed by atoms with Crippen molar-refractivity contribution in [2.75, 3.05) is 11.9 Å². The number of fused-ring (bicyclic) bond motifs is 1. The van der Waals surface area contributed by atoms with Crippen LogP contribution in [0.4, 0.5) is 5.69 Å². The van der Waals surface area contributed by atoms with E-state index in [2.05, 4.69) is 31.1 Å². The topological polar surface area (TPSA) is 54.2 Å². The molecule has 1 aromatic carbocycles. The van der Waals surface area contributed by atoms with E-state index >= 15 is 0 Å². The van der Waals surface area contributed by atoms with Gasteiger partial charge in [0.25, 0.3) is 0 Å². The summed E-state index contributed by atoms with van der Waals surface area (Å²) in [5.41, 5.74) is 1.99. The van der Waals surface area contributed by atoms with Gasteiger partial charge in [0, 0.05) is 40.9 Å². The molecule has 0 aliphatic carbocycles. The van der Waals surface area contributed by atoms with Crippen molar-refractivity contribution in [3.05, 3.63) is 35.5 Å². The van der Waals surface area contributed by atoms with Crippen molar-refractivity contribution in [3.63, 3.8) is 0 Å². The number of hydrazine groups is 1. The third kappa shape index (κ3) is 4.30. The second kappa shape index (κ2) is 7.07. The molecule has 0 amide bonds. The molecule has 0 aliphatic rings. The molecule has 1 heterocycles. The van der Waals surface area contributed by atoms with Gasteiger partial charge in [-0.25, -0.2) is 5.01 Å². The Bertz CT molecular complexity index is 600. The van der Waals surface area contributed by atoms with Crippen molar-refractivity contribution in [2.45, 2.75) is 39.3 Å². The zero-order valence-corrected chi connectivity index (χ0v) is 13.6. The molecule has 0 radical (unpaired) electrons. The van der Waals surface area contributed by atoms with E-state index in [1.54, 1.807) is 6.20 Å². The number of anilines is 1. The van der Waals surface area contributed by atoms with E-state index < -0.39 is 0 Å². The van der Waals surface area contributed by atoms with Crippen molar-refractivity contribution >= 4 is 28.2 Å². The van der Waals surface area contributed by atoms with Crippen LogP contribution in [0.15, 0.2) is 30.5 Å². The maximum Gasteiger partial charge on any atom is 0.0737 e. The Morgan fingerprint density at radius 3 is 2.76 bits per heavy atom. The van der Waals surface area contributed by atoms with Crippen LogP contribution >= 0.6 is 11.6 Å². The van der Waals surface area contributed by atoms with E-state index in [-0.39, 0.29) is 0 Å². The summed E-state index contributed by atoms with van der Waals surface area (Å²) >= 11 is 6.01. The second-order valence-corrected chi connectivity index (χ2v) is 6.12. The molecule has 0 bridgehead atoms. The van der Waals surface area contributed by atoms with Gasteiger partial charge < -0.3 is 5.32 Å². The average Bonchev–Trinajstić information content (AvgIpc) is 2.44. The summed E-state index contributed by atoms with van der Waals surface area (Å²) in [6.45, 7) is 7.22. The van der Waals surface area contributed by atoms with E-state index in [1.165, 1.54) is 0 Å². The molecule has 2 rings (SSSR count). The Kier molecular flexibility index (Phi) is 5.39. The lowest BCUT2D eigenvalue weighted by Gasteiger charge is -2.23. The normalized spacial score (nSPS) is 13.1. The molecule has 114 valence electrons. The molecule has 0 saturated carbocycles. The van der Waals surface area contributed by atoms with Crippen LogP contribution in [0.25, 0.3) is 10.9 Å². The number of hydrogen-bond acceptors (Lipinski definition) is 4. The highest BCUT2D eigenvalue weighted by Crippen LogP contribution is 2.25. The number of halogens is 1. The lowest BCUT2D eigenvalue weighted by atomic mass is 10.1. The molecule has 5 heteroatoms. The van der Waals surface area contributed by atoms with Gasteiger partial charge in [0.2, 0.25) is 0 Å². The van der Waals surface area contributed by atoms with Crippen LogP contribution in [0.2, 0.25) is 5.02 Å². The summed E-state index contributed by atoms with van der Waals surface area (Å²) in [5.74, 6) is 5.95. The molecule has 2 aromatic rings. The molecule has 1 aromatic heterocycles. The largest absolute Gasteiger partial charge is 0.382 e. The smallest absolute Gasteiger partial charge is 0.0737 e. The van der Waals surface area contributed by atoms with Gasteiger partial charge in [-0.05, 0) is 51.5 Å². The summed E-state index contributed by atoms with van der Waals surface area (Å²) in [5, 5.41) is 7.19. The molecular weight excluding hydrogens is 284 g/mol. The summed E-state index contributed by atoms with van der Waals surface area (Å²) < 4.78 is 0. The minimum atomic E-state index is 0.330. The first-order chi connectivity index (χ1) is 9.97. The minimum absolute atomic E-state index is 0.330. The van der Waals surface area contributed by atoms with E-state index in [1.807, 2.05) is 29.3 Å². The van der Waals surface area contributed by atoms with Crippen LogP contribution in [0.1, 0.15) is 27.2 Å². The number of nitrogens with one attached hydrogen (secondary N) is 1. The lowest BCUT2D eigenvalue weighted by molar-refractivity contribution is 0.222. The zero-order valence-electron chi connectivity index (χ0n) is 12.8. The Morgan fingerprint density at radius 2 is 2.05 bits per heavy atom. The van der Waals surface area contributed by atoms with Crippen molar-refractivity contribution < 1.29 is 0 Å². The monoisotopic (exact) mass is 306 g/mol. The van der Waals surface area contributed by atoms with E-state index in [9.17, 15) is 0 Å². The Labute approximate surface area is 131 Å². The van der Waals surface area contributed by atoms with Gasteiger partial charge in [-0.2, -0.15) is 0 Å². The third-order valence-electron chi connectivity index (χ3n) is 3.59. The summed E-state index contributed by atoms with van der Waals surface area (Å²) in [7, 11) is 0. The summed E-state index contributed by atoms with van der Waals surface area (Å²) in [4.78, 5) is 4.35. The standard InChI is InChI=1S/C16H23ClN4/c1-11(2)21(18)9-7-12(3)20-15-6-8-19-16-10-13(17)4-5-14(15)16/h4-6,8,10-12H,7,9,18H2,1-3H3,(H,19,20)/t12-/m1/s1. The Balaban J connectivity index is 2.06. The molecule has 0 unspecified atom stereocenters. The number of rotatable bonds is 6. The fourth-order valence-corrected chi connectivity index (χ4v) is 2.35. The highest BCUT2D eigenvalue weighted by molar-refractivity contribution is 6.31. The predicted octanol–water partition coefficient (Wildman–Crippen LogP) is 3.66. The average molecular weight is 307 g/mol. The number of nitrogens with two attached hydrogens (primary N) is 1. The maximum absolute atomic E-state index is 6.01. The molecule has 0 spiro atoms. The Morgan fingerprint density at radius 1 is 1.29 bits per heavy atom. The van der Waals surface area contributed by atoms with Gasteiger partial charge in [0.15, 0.2) is 0 Å². The molecule has 0 aliphatic heterocycles. The molecule has 0 fully saturated rings. The van der Waals surface area contributed by atoms with Crippen LogP contribution in [-0.2, 0) is 0 Å². The van der Waals surface area contributed by atoms with Crippen molar-refractivity contribution in [2.24, 2.45) is 5.84 Å². The number of nitrogens with zero attached hydrogens (tertiary/aromatic N) is 2. The van der Waals surface area contributed by atoms with Gasteiger partial charge >= 0.3 is 0 Å². The number of benzene rings is 1. The quantitative estimate of drug-likeness (QED) is 0.631. The lowest BCUT2D eigenvalue weighted by Crippen LogP contribution is -2.39. The second-order valence-electron chi connectivity index (χ2n) is 5.69. The van der Waals surface area contributed by atoms with Crippen molar-refractivity contribution in [1.29, 1.82) is 0 Å². The number of aromatic nitrogens is 1. The van der Waals surface area contributed by atoms with Crippen LogP contribution < -0.4 is 11.2 Å². The first kappa shape index (κ1) is 16.0. The van der Waals surface area contributed by atoms with E-state index in [0.29, 0.717) is 17.1 Å².